The molecule has 3 nitrogen and oxygen atoms in total. The number of halogens is 9. The van der Waals surface area contributed by atoms with Gasteiger partial charge < -0.3 is 10.2 Å². The summed E-state index contributed by atoms with van der Waals surface area (Å²) in [6.45, 7) is 0.745. The van der Waals surface area contributed by atoms with Gasteiger partial charge in [0.25, 0.3) is 5.91 Å². The first-order valence-electron chi connectivity index (χ1n) is 9.01. The van der Waals surface area contributed by atoms with Gasteiger partial charge in [0.1, 0.15) is 0 Å². The van der Waals surface area contributed by atoms with Crippen molar-refractivity contribution < 1.29 is 31.1 Å². The quantitative estimate of drug-likeness (QED) is 0.482. The number of benzene rings is 2. The second-order valence-electron chi connectivity index (χ2n) is 7.22. The summed E-state index contributed by atoms with van der Waals surface area (Å²) in [4.78, 5) is 14.1. The molecule has 3 rings (SSSR count). The third-order valence-corrected chi connectivity index (χ3v) is 5.95. The zero-order chi connectivity index (χ0) is 23.1. The molecule has 2 unspecified atom stereocenters. The minimum absolute atomic E-state index is 0. The van der Waals surface area contributed by atoms with Crippen LogP contribution in [0.1, 0.15) is 33.0 Å². The fourth-order valence-corrected chi connectivity index (χ4v) is 3.89. The van der Waals surface area contributed by atoms with Crippen molar-refractivity contribution in [2.24, 2.45) is 0 Å². The number of carbonyl (C=O) groups excluding carboxylic acids is 1. The summed E-state index contributed by atoms with van der Waals surface area (Å²) in [7, 11) is 1.35. The Kier molecular flexibility index (Phi) is 8.03. The van der Waals surface area contributed by atoms with Crippen LogP contribution in [-0.2, 0) is 12.4 Å². The Morgan fingerprint density at radius 3 is 2.00 bits per heavy atom. The molecule has 1 fully saturated rings. The van der Waals surface area contributed by atoms with Gasteiger partial charge in [-0.1, -0.05) is 29.3 Å². The van der Waals surface area contributed by atoms with E-state index in [4.69, 9.17) is 23.2 Å². The predicted octanol–water partition coefficient (Wildman–Crippen LogP) is 6.28. The van der Waals surface area contributed by atoms with E-state index >= 15 is 0 Å². The van der Waals surface area contributed by atoms with Gasteiger partial charge >= 0.3 is 12.4 Å². The van der Waals surface area contributed by atoms with E-state index in [1.165, 1.54) is 7.05 Å². The molecule has 0 radical (unpaired) electrons. The molecule has 2 aromatic rings. The standard InChI is InChI=1S/C20H16Cl2F6N2O.ClH/c1-30(17-9-29-8-14(17)10-2-3-15(21)16(22)6-10)18(31)11-4-12(19(23,24)25)7-13(5-11)20(26,27)28;/h2-7,14,17,29H,8-9H2,1H3;1H. The molecule has 12 heteroatoms. The van der Waals surface area contributed by atoms with Gasteiger partial charge in [0.15, 0.2) is 0 Å². The van der Waals surface area contributed by atoms with Gasteiger partial charge in [-0.05, 0) is 35.9 Å². The van der Waals surface area contributed by atoms with E-state index in [2.05, 4.69) is 5.32 Å². The number of likely N-dealkylation sites (N-methyl/N-ethyl adjacent to an activating group) is 1. The van der Waals surface area contributed by atoms with Crippen molar-refractivity contribution in [3.63, 3.8) is 0 Å². The zero-order valence-electron chi connectivity index (χ0n) is 16.3. The van der Waals surface area contributed by atoms with Crippen LogP contribution in [0.25, 0.3) is 0 Å². The first-order valence-corrected chi connectivity index (χ1v) is 9.77. The summed E-state index contributed by atoms with van der Waals surface area (Å²) in [5, 5.41) is 3.72. The largest absolute Gasteiger partial charge is 0.416 e. The van der Waals surface area contributed by atoms with Crippen LogP contribution in [0.5, 0.6) is 0 Å². The predicted molar refractivity (Wildman–Crippen MR) is 112 cm³/mol. The van der Waals surface area contributed by atoms with Crippen LogP contribution in [0.3, 0.4) is 0 Å². The van der Waals surface area contributed by atoms with Crippen LogP contribution in [0.4, 0.5) is 26.3 Å². The minimum Gasteiger partial charge on any atom is -0.337 e. The summed E-state index contributed by atoms with van der Waals surface area (Å²) in [5.41, 5.74) is -3.03. The van der Waals surface area contributed by atoms with Crippen LogP contribution in [0, 0.1) is 0 Å². The molecule has 1 N–H and O–H groups in total. The van der Waals surface area contributed by atoms with Crippen molar-refractivity contribution in [3.8, 4) is 0 Å². The van der Waals surface area contributed by atoms with Crippen LogP contribution >= 0.6 is 35.6 Å². The topological polar surface area (TPSA) is 32.3 Å². The SMILES string of the molecule is CN(C(=O)c1cc(C(F)(F)F)cc(C(F)(F)F)c1)C1CNCC1c1ccc(Cl)c(Cl)c1.Cl. The van der Waals surface area contributed by atoms with E-state index in [0.717, 1.165) is 10.5 Å². The lowest BCUT2D eigenvalue weighted by Crippen LogP contribution is -2.41. The molecule has 0 bridgehead atoms. The maximum atomic E-state index is 13.1. The highest BCUT2D eigenvalue weighted by atomic mass is 35.5. The van der Waals surface area contributed by atoms with Crippen molar-refractivity contribution >= 4 is 41.5 Å². The fourth-order valence-electron chi connectivity index (χ4n) is 3.59. The molecule has 1 saturated heterocycles. The van der Waals surface area contributed by atoms with Gasteiger partial charge in [-0.3, -0.25) is 4.79 Å². The molecule has 1 aliphatic rings. The second-order valence-corrected chi connectivity index (χ2v) is 8.03. The molecule has 0 aromatic heterocycles. The summed E-state index contributed by atoms with van der Waals surface area (Å²) in [5.74, 6) is -1.23. The number of nitrogens with one attached hydrogen (secondary N) is 1. The zero-order valence-corrected chi connectivity index (χ0v) is 18.6. The lowest BCUT2D eigenvalue weighted by atomic mass is 9.93. The van der Waals surface area contributed by atoms with Gasteiger partial charge in [0.05, 0.1) is 27.2 Å². The summed E-state index contributed by atoms with van der Waals surface area (Å²) < 4.78 is 78.8. The highest BCUT2D eigenvalue weighted by Crippen LogP contribution is 2.37. The fraction of sp³-hybridized carbons (Fsp3) is 0.350. The normalized spacial score (nSPS) is 18.9. The van der Waals surface area contributed by atoms with E-state index in [0.29, 0.717) is 35.3 Å². The number of nitrogens with zero attached hydrogens (tertiary/aromatic N) is 1. The smallest absolute Gasteiger partial charge is 0.337 e. The van der Waals surface area contributed by atoms with Gasteiger partial charge in [0, 0.05) is 31.6 Å². The molecular weight excluding hydrogens is 505 g/mol. The molecule has 2 atom stereocenters. The summed E-state index contributed by atoms with van der Waals surface area (Å²) >= 11 is 12.0. The van der Waals surface area contributed by atoms with Crippen LogP contribution in [0.15, 0.2) is 36.4 Å². The number of amides is 1. The van der Waals surface area contributed by atoms with E-state index in [9.17, 15) is 31.1 Å². The lowest BCUT2D eigenvalue weighted by molar-refractivity contribution is -0.143. The Balaban J connectivity index is 0.00000363. The Labute approximate surface area is 196 Å². The maximum absolute atomic E-state index is 13.1. The third kappa shape index (κ3) is 5.62. The highest BCUT2D eigenvalue weighted by molar-refractivity contribution is 6.42. The molecule has 176 valence electrons. The molecule has 2 aromatic carbocycles. The Hall–Kier alpha value is -1.68. The third-order valence-electron chi connectivity index (χ3n) is 5.21. The van der Waals surface area contributed by atoms with Gasteiger partial charge in [0.2, 0.25) is 0 Å². The van der Waals surface area contributed by atoms with E-state index in [-0.39, 0.29) is 24.4 Å². The first-order chi connectivity index (χ1) is 14.3. The van der Waals surface area contributed by atoms with Crippen LogP contribution < -0.4 is 5.32 Å². The van der Waals surface area contributed by atoms with Gasteiger partial charge in [-0.25, -0.2) is 0 Å². The van der Waals surface area contributed by atoms with Crippen molar-refractivity contribution in [1.29, 1.82) is 0 Å². The van der Waals surface area contributed by atoms with Crippen LogP contribution in [-0.4, -0.2) is 37.0 Å². The minimum atomic E-state index is -5.04. The van der Waals surface area contributed by atoms with E-state index in [1.54, 1.807) is 18.2 Å². The van der Waals surface area contributed by atoms with Crippen molar-refractivity contribution in [2.75, 3.05) is 20.1 Å². The molecule has 0 spiro atoms. The van der Waals surface area contributed by atoms with E-state index in [1.807, 2.05) is 0 Å². The number of carbonyl (C=O) groups is 1. The first kappa shape index (κ1) is 26.6. The molecule has 0 aliphatic carbocycles. The molecule has 0 saturated carbocycles. The second kappa shape index (κ2) is 9.67. The summed E-state index contributed by atoms with van der Waals surface area (Å²) in [6.07, 6.45) is -10.1. The maximum Gasteiger partial charge on any atom is 0.416 e. The van der Waals surface area contributed by atoms with E-state index < -0.39 is 41.0 Å². The van der Waals surface area contributed by atoms with Crippen molar-refractivity contribution in [3.05, 3.63) is 68.7 Å². The lowest BCUT2D eigenvalue weighted by Gasteiger charge is -2.30. The average Bonchev–Trinajstić information content (AvgIpc) is 3.17. The molecule has 1 heterocycles. The summed E-state index contributed by atoms with van der Waals surface area (Å²) in [6, 6.07) is 5.26. The number of rotatable bonds is 3. The van der Waals surface area contributed by atoms with Crippen molar-refractivity contribution in [2.45, 2.75) is 24.3 Å². The monoisotopic (exact) mass is 520 g/mol. The van der Waals surface area contributed by atoms with Crippen molar-refractivity contribution in [1.82, 2.24) is 10.2 Å². The number of hydrogen-bond donors (Lipinski definition) is 1. The molecule has 1 amide bonds. The molecular formula is C20H17Cl3F6N2O. The van der Waals surface area contributed by atoms with Crippen LogP contribution in [0.2, 0.25) is 10.0 Å². The Bertz CT molecular complexity index is 964. The van der Waals surface area contributed by atoms with Gasteiger partial charge in [-0.15, -0.1) is 12.4 Å². The van der Waals surface area contributed by atoms with Gasteiger partial charge in [-0.2, -0.15) is 26.3 Å². The Morgan fingerprint density at radius 2 is 1.50 bits per heavy atom. The highest BCUT2D eigenvalue weighted by Gasteiger charge is 2.39. The number of hydrogen-bond acceptors (Lipinski definition) is 2. The number of alkyl halides is 6. The molecule has 32 heavy (non-hydrogen) atoms. The molecule has 1 aliphatic heterocycles. The Morgan fingerprint density at radius 1 is 0.938 bits per heavy atom. The average molecular weight is 522 g/mol.